The van der Waals surface area contributed by atoms with Crippen LogP contribution in [0.15, 0.2) is 12.1 Å². The van der Waals surface area contributed by atoms with E-state index in [1.165, 1.54) is 0 Å². The third-order valence-electron chi connectivity index (χ3n) is 2.63. The Balaban J connectivity index is 3.07. The van der Waals surface area contributed by atoms with Gasteiger partial charge in [-0.15, -0.1) is 0 Å². The molecule has 1 rings (SSSR count). The van der Waals surface area contributed by atoms with Crippen molar-refractivity contribution in [3.63, 3.8) is 0 Å². The minimum absolute atomic E-state index is 0.122. The summed E-state index contributed by atoms with van der Waals surface area (Å²) in [6.07, 6.45) is 0. The first-order chi connectivity index (χ1) is 7.11. The zero-order valence-corrected chi connectivity index (χ0v) is 9.33. The van der Waals surface area contributed by atoms with Gasteiger partial charge in [0.2, 0.25) is 0 Å². The largest absolute Gasteiger partial charge is 0.398 e. The standard InChI is InChI=1S/C11H19N3O/c1-3-14(6-7-15)10-5-4-9(12)8(2)11(10)13/h4-5,15H,3,6-7,12-13H2,1-2H3. The third kappa shape index (κ3) is 2.33. The van der Waals surface area contributed by atoms with Crippen molar-refractivity contribution >= 4 is 17.1 Å². The fourth-order valence-corrected chi connectivity index (χ4v) is 1.58. The van der Waals surface area contributed by atoms with Crippen LogP contribution in [0.5, 0.6) is 0 Å². The number of anilines is 3. The van der Waals surface area contributed by atoms with Crippen LogP contribution in [0, 0.1) is 6.92 Å². The molecule has 0 heterocycles. The van der Waals surface area contributed by atoms with Crippen LogP contribution in [-0.4, -0.2) is 24.8 Å². The molecule has 0 saturated carbocycles. The highest BCUT2D eigenvalue weighted by Gasteiger charge is 2.10. The van der Waals surface area contributed by atoms with Crippen LogP contribution in [0.4, 0.5) is 17.1 Å². The number of nitrogens with zero attached hydrogens (tertiary/aromatic N) is 1. The summed E-state index contributed by atoms with van der Waals surface area (Å²) in [6.45, 7) is 5.45. The first-order valence-electron chi connectivity index (χ1n) is 5.12. The van der Waals surface area contributed by atoms with Gasteiger partial charge in [0, 0.05) is 18.8 Å². The lowest BCUT2D eigenvalue weighted by molar-refractivity contribution is 0.302. The van der Waals surface area contributed by atoms with E-state index >= 15 is 0 Å². The van der Waals surface area contributed by atoms with Crippen molar-refractivity contribution in [3.05, 3.63) is 17.7 Å². The van der Waals surface area contributed by atoms with Gasteiger partial charge in [0.05, 0.1) is 18.0 Å². The lowest BCUT2D eigenvalue weighted by Crippen LogP contribution is -2.27. The molecule has 0 atom stereocenters. The second-order valence-electron chi connectivity index (χ2n) is 3.52. The lowest BCUT2D eigenvalue weighted by atomic mass is 10.1. The van der Waals surface area contributed by atoms with Crippen LogP contribution >= 0.6 is 0 Å². The highest BCUT2D eigenvalue weighted by molar-refractivity contribution is 5.76. The molecule has 0 fully saturated rings. The van der Waals surface area contributed by atoms with Crippen molar-refractivity contribution in [2.24, 2.45) is 0 Å². The predicted octanol–water partition coefficient (Wildman–Crippen LogP) is 0.978. The van der Waals surface area contributed by atoms with Crippen molar-refractivity contribution in [2.75, 3.05) is 36.1 Å². The van der Waals surface area contributed by atoms with Gasteiger partial charge >= 0.3 is 0 Å². The number of aliphatic hydroxyl groups is 1. The van der Waals surface area contributed by atoms with E-state index in [1.54, 1.807) is 0 Å². The van der Waals surface area contributed by atoms with Gasteiger partial charge < -0.3 is 21.5 Å². The molecule has 1 aromatic rings. The fraction of sp³-hybridized carbons (Fsp3) is 0.455. The van der Waals surface area contributed by atoms with Crippen LogP contribution in [0.1, 0.15) is 12.5 Å². The molecule has 4 heteroatoms. The van der Waals surface area contributed by atoms with Gasteiger partial charge in [-0.05, 0) is 31.5 Å². The molecule has 0 radical (unpaired) electrons. The molecule has 0 unspecified atom stereocenters. The molecule has 84 valence electrons. The zero-order valence-electron chi connectivity index (χ0n) is 9.33. The average Bonchev–Trinajstić information content (AvgIpc) is 2.24. The maximum absolute atomic E-state index is 8.94. The molecule has 1 aromatic carbocycles. The molecule has 0 spiro atoms. The number of hydrogen-bond donors (Lipinski definition) is 3. The second kappa shape index (κ2) is 4.89. The Morgan fingerprint density at radius 1 is 1.33 bits per heavy atom. The van der Waals surface area contributed by atoms with Crippen LogP contribution in [0.2, 0.25) is 0 Å². The Labute approximate surface area is 90.5 Å². The Kier molecular flexibility index (Phi) is 3.80. The molecular formula is C11H19N3O. The summed E-state index contributed by atoms with van der Waals surface area (Å²) in [6, 6.07) is 3.75. The number of nitrogens with two attached hydrogens (primary N) is 2. The molecule has 0 aliphatic heterocycles. The van der Waals surface area contributed by atoms with Gasteiger partial charge in [0.1, 0.15) is 0 Å². The van der Waals surface area contributed by atoms with E-state index in [2.05, 4.69) is 0 Å². The number of rotatable bonds is 4. The van der Waals surface area contributed by atoms with Gasteiger partial charge in [0.25, 0.3) is 0 Å². The van der Waals surface area contributed by atoms with E-state index in [4.69, 9.17) is 16.6 Å². The normalized spacial score (nSPS) is 10.3. The third-order valence-corrected chi connectivity index (χ3v) is 2.63. The summed E-state index contributed by atoms with van der Waals surface area (Å²) >= 11 is 0. The van der Waals surface area contributed by atoms with E-state index in [9.17, 15) is 0 Å². The molecule has 4 nitrogen and oxygen atoms in total. The number of aliphatic hydroxyl groups excluding tert-OH is 1. The topological polar surface area (TPSA) is 75.5 Å². The second-order valence-corrected chi connectivity index (χ2v) is 3.52. The van der Waals surface area contributed by atoms with Gasteiger partial charge in [0.15, 0.2) is 0 Å². The summed E-state index contributed by atoms with van der Waals surface area (Å²) in [4.78, 5) is 2.03. The van der Waals surface area contributed by atoms with Crippen molar-refractivity contribution in [1.82, 2.24) is 0 Å². The van der Waals surface area contributed by atoms with Crippen LogP contribution in [0.25, 0.3) is 0 Å². The molecule has 15 heavy (non-hydrogen) atoms. The van der Waals surface area contributed by atoms with Crippen LogP contribution in [0.3, 0.4) is 0 Å². The van der Waals surface area contributed by atoms with E-state index in [0.29, 0.717) is 17.9 Å². The Hall–Kier alpha value is -1.42. The average molecular weight is 209 g/mol. The maximum Gasteiger partial charge on any atom is 0.0606 e. The monoisotopic (exact) mass is 209 g/mol. The number of hydrogen-bond acceptors (Lipinski definition) is 4. The van der Waals surface area contributed by atoms with Gasteiger partial charge in [-0.2, -0.15) is 0 Å². The molecule has 0 aromatic heterocycles. The van der Waals surface area contributed by atoms with Crippen molar-refractivity contribution in [2.45, 2.75) is 13.8 Å². The minimum atomic E-state index is 0.122. The number of nitrogen functional groups attached to an aromatic ring is 2. The summed E-state index contributed by atoms with van der Waals surface area (Å²) in [5.41, 5.74) is 15.0. The quantitative estimate of drug-likeness (QED) is 0.646. The van der Waals surface area contributed by atoms with Crippen LogP contribution in [-0.2, 0) is 0 Å². The van der Waals surface area contributed by atoms with Gasteiger partial charge in [-0.1, -0.05) is 0 Å². The van der Waals surface area contributed by atoms with E-state index in [1.807, 2.05) is 30.9 Å². The van der Waals surface area contributed by atoms with Gasteiger partial charge in [-0.25, -0.2) is 0 Å². The first kappa shape index (κ1) is 11.7. The van der Waals surface area contributed by atoms with Crippen molar-refractivity contribution in [1.29, 1.82) is 0 Å². The molecule has 0 aliphatic rings. The molecule has 0 saturated heterocycles. The Morgan fingerprint density at radius 2 is 2.00 bits per heavy atom. The lowest BCUT2D eigenvalue weighted by Gasteiger charge is -2.24. The number of benzene rings is 1. The Morgan fingerprint density at radius 3 is 2.53 bits per heavy atom. The molecule has 0 amide bonds. The van der Waals surface area contributed by atoms with E-state index < -0.39 is 0 Å². The van der Waals surface area contributed by atoms with Crippen LogP contribution < -0.4 is 16.4 Å². The summed E-state index contributed by atoms with van der Waals surface area (Å²) in [7, 11) is 0. The Bertz CT molecular complexity index is 339. The van der Waals surface area contributed by atoms with E-state index in [0.717, 1.165) is 17.8 Å². The van der Waals surface area contributed by atoms with E-state index in [-0.39, 0.29) is 6.61 Å². The summed E-state index contributed by atoms with van der Waals surface area (Å²) in [5, 5.41) is 8.94. The molecular weight excluding hydrogens is 190 g/mol. The van der Waals surface area contributed by atoms with Gasteiger partial charge in [-0.3, -0.25) is 0 Å². The SMILES string of the molecule is CCN(CCO)c1ccc(N)c(C)c1N. The highest BCUT2D eigenvalue weighted by Crippen LogP contribution is 2.29. The summed E-state index contributed by atoms with van der Waals surface area (Å²) < 4.78 is 0. The predicted molar refractivity (Wildman–Crippen MR) is 65.0 cm³/mol. The van der Waals surface area contributed by atoms with Crippen molar-refractivity contribution in [3.8, 4) is 0 Å². The molecule has 5 N–H and O–H groups in total. The molecule has 0 aliphatic carbocycles. The first-order valence-corrected chi connectivity index (χ1v) is 5.12. The summed E-state index contributed by atoms with van der Waals surface area (Å²) in [5.74, 6) is 0. The maximum atomic E-state index is 8.94. The molecule has 0 bridgehead atoms. The smallest absolute Gasteiger partial charge is 0.0606 e. The highest BCUT2D eigenvalue weighted by atomic mass is 16.3. The minimum Gasteiger partial charge on any atom is -0.398 e. The fourth-order valence-electron chi connectivity index (χ4n) is 1.58. The van der Waals surface area contributed by atoms with Crippen molar-refractivity contribution < 1.29 is 5.11 Å². The number of likely N-dealkylation sites (N-methyl/N-ethyl adjacent to an activating group) is 1. The zero-order chi connectivity index (χ0) is 11.4.